The number of unbranched alkanes of at least 4 members (excludes halogenated alkanes) is 1. The molecular formula is C19H28N4O2. The van der Waals surface area contributed by atoms with E-state index in [1.54, 1.807) is 7.11 Å². The summed E-state index contributed by atoms with van der Waals surface area (Å²) in [5, 5.41) is 3.30. The van der Waals surface area contributed by atoms with Gasteiger partial charge in [-0.05, 0) is 37.6 Å². The quantitative estimate of drug-likeness (QED) is 0.666. The van der Waals surface area contributed by atoms with Gasteiger partial charge in [0.2, 0.25) is 5.95 Å². The van der Waals surface area contributed by atoms with Gasteiger partial charge in [-0.2, -0.15) is 4.98 Å². The zero-order valence-corrected chi connectivity index (χ0v) is 15.6. The molecule has 2 rings (SSSR count). The largest absolute Gasteiger partial charge is 0.497 e. The number of nitrogens with one attached hydrogen (secondary N) is 1. The van der Waals surface area contributed by atoms with Crippen LogP contribution < -0.4 is 19.7 Å². The normalized spacial score (nSPS) is 10.4. The smallest absolute Gasteiger partial charge is 0.227 e. The number of benzene rings is 1. The number of hydrogen-bond acceptors (Lipinski definition) is 6. The monoisotopic (exact) mass is 344 g/mol. The second-order valence-electron chi connectivity index (χ2n) is 5.92. The molecule has 0 aliphatic heterocycles. The third-order valence-electron chi connectivity index (χ3n) is 3.77. The van der Waals surface area contributed by atoms with Crippen LogP contribution in [0.3, 0.4) is 0 Å². The average Bonchev–Trinajstić information content (AvgIpc) is 2.63. The number of ether oxygens (including phenoxy) is 2. The van der Waals surface area contributed by atoms with Crippen molar-refractivity contribution < 1.29 is 9.47 Å². The highest BCUT2D eigenvalue weighted by molar-refractivity contribution is 5.43. The van der Waals surface area contributed by atoms with E-state index in [1.807, 2.05) is 44.3 Å². The second-order valence-corrected chi connectivity index (χ2v) is 5.92. The fourth-order valence-corrected chi connectivity index (χ4v) is 2.33. The van der Waals surface area contributed by atoms with E-state index < -0.39 is 0 Å². The van der Waals surface area contributed by atoms with E-state index in [0.29, 0.717) is 13.2 Å². The van der Waals surface area contributed by atoms with Gasteiger partial charge in [0.1, 0.15) is 23.9 Å². The van der Waals surface area contributed by atoms with E-state index in [0.717, 1.165) is 48.3 Å². The van der Waals surface area contributed by atoms with Crippen LogP contribution >= 0.6 is 0 Å². The van der Waals surface area contributed by atoms with Crippen molar-refractivity contribution in [2.45, 2.75) is 26.7 Å². The molecular weight excluding hydrogens is 316 g/mol. The highest BCUT2D eigenvalue weighted by Gasteiger charge is 2.07. The van der Waals surface area contributed by atoms with Crippen LogP contribution in [0.2, 0.25) is 0 Å². The van der Waals surface area contributed by atoms with Crippen LogP contribution in [-0.4, -0.2) is 43.8 Å². The van der Waals surface area contributed by atoms with E-state index in [-0.39, 0.29) is 0 Å². The molecule has 6 nitrogen and oxygen atoms in total. The predicted octanol–water partition coefficient (Wildman–Crippen LogP) is 3.52. The van der Waals surface area contributed by atoms with Crippen molar-refractivity contribution in [1.29, 1.82) is 0 Å². The average molecular weight is 344 g/mol. The van der Waals surface area contributed by atoms with Crippen LogP contribution in [0.25, 0.3) is 0 Å². The SMILES string of the molecule is CCCCN(C)c1nc(C)cc(NCCOc2ccc(OC)cc2)n1. The van der Waals surface area contributed by atoms with Crippen molar-refractivity contribution in [1.82, 2.24) is 9.97 Å². The molecule has 0 saturated carbocycles. The first-order valence-corrected chi connectivity index (χ1v) is 8.70. The number of methoxy groups -OCH3 is 1. The van der Waals surface area contributed by atoms with Gasteiger partial charge in [0.25, 0.3) is 0 Å². The number of nitrogens with zero attached hydrogens (tertiary/aromatic N) is 3. The van der Waals surface area contributed by atoms with Crippen molar-refractivity contribution in [3.05, 3.63) is 36.0 Å². The van der Waals surface area contributed by atoms with Crippen LogP contribution in [0.15, 0.2) is 30.3 Å². The summed E-state index contributed by atoms with van der Waals surface area (Å²) in [6.45, 7) is 6.34. The molecule has 0 aliphatic carbocycles. The summed E-state index contributed by atoms with van der Waals surface area (Å²) < 4.78 is 10.8. The third kappa shape index (κ3) is 6.14. The van der Waals surface area contributed by atoms with Crippen molar-refractivity contribution in [2.24, 2.45) is 0 Å². The van der Waals surface area contributed by atoms with Crippen LogP contribution in [0.1, 0.15) is 25.5 Å². The van der Waals surface area contributed by atoms with Crippen LogP contribution in [0, 0.1) is 6.92 Å². The third-order valence-corrected chi connectivity index (χ3v) is 3.77. The molecule has 0 unspecified atom stereocenters. The van der Waals surface area contributed by atoms with E-state index in [2.05, 4.69) is 27.1 Å². The van der Waals surface area contributed by atoms with Crippen LogP contribution in [-0.2, 0) is 0 Å². The van der Waals surface area contributed by atoms with E-state index in [4.69, 9.17) is 9.47 Å². The van der Waals surface area contributed by atoms with Crippen LogP contribution in [0.5, 0.6) is 11.5 Å². The fraction of sp³-hybridized carbons (Fsp3) is 0.474. The Morgan fingerprint density at radius 3 is 2.52 bits per heavy atom. The van der Waals surface area contributed by atoms with E-state index >= 15 is 0 Å². The van der Waals surface area contributed by atoms with Gasteiger partial charge in [-0.25, -0.2) is 4.98 Å². The minimum absolute atomic E-state index is 0.552. The molecule has 6 heteroatoms. The molecule has 25 heavy (non-hydrogen) atoms. The van der Waals surface area contributed by atoms with Crippen molar-refractivity contribution in [3.63, 3.8) is 0 Å². The molecule has 1 heterocycles. The minimum atomic E-state index is 0.552. The summed E-state index contributed by atoms with van der Waals surface area (Å²) in [4.78, 5) is 11.2. The zero-order chi connectivity index (χ0) is 18.1. The Kier molecular flexibility index (Phi) is 7.32. The van der Waals surface area contributed by atoms with Crippen molar-refractivity contribution >= 4 is 11.8 Å². The van der Waals surface area contributed by atoms with Crippen LogP contribution in [0.4, 0.5) is 11.8 Å². The molecule has 0 aliphatic rings. The Bertz CT molecular complexity index is 646. The molecule has 0 fully saturated rings. The summed E-state index contributed by atoms with van der Waals surface area (Å²) in [6.07, 6.45) is 2.29. The van der Waals surface area contributed by atoms with Gasteiger partial charge in [-0.1, -0.05) is 13.3 Å². The Morgan fingerprint density at radius 2 is 1.84 bits per heavy atom. The topological polar surface area (TPSA) is 59.5 Å². The van der Waals surface area contributed by atoms with Gasteiger partial charge in [-0.15, -0.1) is 0 Å². The number of rotatable bonds is 10. The first-order chi connectivity index (χ1) is 12.1. The lowest BCUT2D eigenvalue weighted by molar-refractivity contribution is 0.331. The lowest BCUT2D eigenvalue weighted by Gasteiger charge is -2.18. The molecule has 0 saturated heterocycles. The lowest BCUT2D eigenvalue weighted by atomic mass is 10.3. The summed E-state index contributed by atoms with van der Waals surface area (Å²) in [7, 11) is 3.68. The van der Waals surface area contributed by atoms with Gasteiger partial charge >= 0.3 is 0 Å². The highest BCUT2D eigenvalue weighted by atomic mass is 16.5. The number of aryl methyl sites for hydroxylation is 1. The Morgan fingerprint density at radius 1 is 1.12 bits per heavy atom. The van der Waals surface area contributed by atoms with Gasteiger partial charge < -0.3 is 19.7 Å². The molecule has 136 valence electrons. The first kappa shape index (κ1) is 18.8. The number of hydrogen-bond donors (Lipinski definition) is 1. The molecule has 1 aromatic carbocycles. The van der Waals surface area contributed by atoms with Gasteiger partial charge in [0.15, 0.2) is 0 Å². The molecule has 2 aromatic rings. The maximum atomic E-state index is 5.72. The minimum Gasteiger partial charge on any atom is -0.497 e. The summed E-state index contributed by atoms with van der Waals surface area (Å²) in [5.41, 5.74) is 0.951. The van der Waals surface area contributed by atoms with E-state index in [1.165, 1.54) is 0 Å². The number of aromatic nitrogens is 2. The lowest BCUT2D eigenvalue weighted by Crippen LogP contribution is -2.22. The summed E-state index contributed by atoms with van der Waals surface area (Å²) in [6, 6.07) is 9.51. The maximum absolute atomic E-state index is 5.72. The summed E-state index contributed by atoms with van der Waals surface area (Å²) in [5.74, 6) is 3.22. The van der Waals surface area contributed by atoms with Crippen molar-refractivity contribution in [2.75, 3.05) is 44.1 Å². The van der Waals surface area contributed by atoms with Gasteiger partial charge in [0, 0.05) is 25.4 Å². The molecule has 1 aromatic heterocycles. The second kappa shape index (κ2) is 9.71. The first-order valence-electron chi connectivity index (χ1n) is 8.70. The Hall–Kier alpha value is -2.50. The van der Waals surface area contributed by atoms with Gasteiger partial charge in [0.05, 0.1) is 13.7 Å². The molecule has 0 atom stereocenters. The fourth-order valence-electron chi connectivity index (χ4n) is 2.33. The molecule has 0 bridgehead atoms. The maximum Gasteiger partial charge on any atom is 0.227 e. The highest BCUT2D eigenvalue weighted by Crippen LogP contribution is 2.17. The molecule has 0 spiro atoms. The molecule has 1 N–H and O–H groups in total. The Balaban J connectivity index is 1.84. The van der Waals surface area contributed by atoms with E-state index in [9.17, 15) is 0 Å². The molecule has 0 amide bonds. The van der Waals surface area contributed by atoms with Gasteiger partial charge in [-0.3, -0.25) is 0 Å². The molecule has 0 radical (unpaired) electrons. The zero-order valence-electron chi connectivity index (χ0n) is 15.6. The standard InChI is InChI=1S/C19H28N4O2/c1-5-6-12-23(3)19-21-15(2)14-18(22-19)20-11-13-25-17-9-7-16(24-4)8-10-17/h7-10,14H,5-6,11-13H2,1-4H3,(H,20,21,22). The Labute approximate surface area is 150 Å². The summed E-state index contributed by atoms with van der Waals surface area (Å²) >= 11 is 0. The number of anilines is 2. The predicted molar refractivity (Wildman–Crippen MR) is 102 cm³/mol. The van der Waals surface area contributed by atoms with Crippen molar-refractivity contribution in [3.8, 4) is 11.5 Å².